The van der Waals surface area contributed by atoms with E-state index >= 15 is 0 Å². The molecule has 8 heteroatoms. The highest BCUT2D eigenvalue weighted by Crippen LogP contribution is 2.33. The van der Waals surface area contributed by atoms with Crippen LogP contribution < -0.4 is 15.0 Å². The van der Waals surface area contributed by atoms with E-state index in [0.29, 0.717) is 43.8 Å². The van der Waals surface area contributed by atoms with Gasteiger partial charge in [-0.1, -0.05) is 66.7 Å². The molecular weight excluding hydrogens is 509 g/mol. The van der Waals surface area contributed by atoms with Gasteiger partial charge in [-0.15, -0.1) is 0 Å². The fraction of sp³-hybridized carbons (Fsp3) is 0.276. The Morgan fingerprint density at radius 3 is 2.65 bits per heavy atom. The number of halogens is 2. The van der Waals surface area contributed by atoms with E-state index in [2.05, 4.69) is 5.10 Å². The monoisotopic (exact) mass is 535 g/mol. The van der Waals surface area contributed by atoms with Crippen molar-refractivity contribution in [2.45, 2.75) is 44.6 Å². The summed E-state index contributed by atoms with van der Waals surface area (Å²) in [6.45, 7) is 0.210. The number of para-hydroxylation sites is 2. The van der Waals surface area contributed by atoms with Crippen molar-refractivity contribution in [3.8, 4) is 11.5 Å². The summed E-state index contributed by atoms with van der Waals surface area (Å²) in [6.07, 6.45) is 7.08. The van der Waals surface area contributed by atoms with E-state index < -0.39 is 0 Å². The predicted molar refractivity (Wildman–Crippen MR) is 149 cm³/mol. The van der Waals surface area contributed by atoms with Crippen molar-refractivity contribution in [3.05, 3.63) is 98.0 Å². The van der Waals surface area contributed by atoms with Crippen LogP contribution in [0.2, 0.25) is 10.0 Å². The van der Waals surface area contributed by atoms with Gasteiger partial charge in [-0.05, 0) is 49.2 Å². The second-order valence-corrected chi connectivity index (χ2v) is 9.93. The first-order valence-corrected chi connectivity index (χ1v) is 13.1. The summed E-state index contributed by atoms with van der Waals surface area (Å²) in [5.41, 5.74) is 1.97. The third-order valence-corrected chi connectivity index (χ3v) is 7.26. The normalized spacial score (nSPS) is 14.4. The Labute approximate surface area is 225 Å². The van der Waals surface area contributed by atoms with Gasteiger partial charge in [-0.2, -0.15) is 9.78 Å². The molecule has 1 saturated carbocycles. The maximum absolute atomic E-state index is 13.5. The van der Waals surface area contributed by atoms with Crippen LogP contribution in [0.4, 0.5) is 0 Å². The molecule has 37 heavy (non-hydrogen) atoms. The van der Waals surface area contributed by atoms with Crippen molar-refractivity contribution in [1.82, 2.24) is 9.66 Å². The third kappa shape index (κ3) is 5.50. The average Bonchev–Trinajstić information content (AvgIpc) is 2.92. The van der Waals surface area contributed by atoms with Crippen LogP contribution in [0.5, 0.6) is 11.5 Å². The Hall–Kier alpha value is -3.35. The number of methoxy groups -OCH3 is 1. The second-order valence-electron chi connectivity index (χ2n) is 9.09. The molecule has 0 saturated heterocycles. The van der Waals surface area contributed by atoms with E-state index in [1.807, 2.05) is 42.5 Å². The smallest absolute Gasteiger partial charge is 0.282 e. The van der Waals surface area contributed by atoms with Crippen LogP contribution in [0.25, 0.3) is 10.9 Å². The average molecular weight is 536 g/mol. The van der Waals surface area contributed by atoms with Crippen LogP contribution in [0.1, 0.15) is 55.0 Å². The number of benzene rings is 3. The van der Waals surface area contributed by atoms with E-state index in [0.717, 1.165) is 31.2 Å². The minimum atomic E-state index is -0.180. The molecule has 1 heterocycles. The van der Waals surface area contributed by atoms with Gasteiger partial charge in [0.05, 0.1) is 24.2 Å². The van der Waals surface area contributed by atoms with Crippen molar-refractivity contribution < 1.29 is 9.47 Å². The maximum Gasteiger partial charge on any atom is 0.282 e. The van der Waals surface area contributed by atoms with Crippen molar-refractivity contribution in [2.75, 3.05) is 7.11 Å². The molecule has 1 aromatic heterocycles. The van der Waals surface area contributed by atoms with Crippen molar-refractivity contribution in [1.29, 1.82) is 0 Å². The van der Waals surface area contributed by atoms with Gasteiger partial charge in [-0.3, -0.25) is 4.79 Å². The number of hydrogen-bond acceptors (Lipinski definition) is 5. The molecule has 0 aliphatic heterocycles. The number of fused-ring (bicyclic) bond motifs is 1. The molecule has 4 aromatic rings. The molecule has 0 radical (unpaired) electrons. The highest BCUT2D eigenvalue weighted by molar-refractivity contribution is 6.35. The maximum atomic E-state index is 13.5. The van der Waals surface area contributed by atoms with Gasteiger partial charge < -0.3 is 9.47 Å². The third-order valence-electron chi connectivity index (χ3n) is 6.68. The van der Waals surface area contributed by atoms with E-state index in [1.165, 1.54) is 11.1 Å². The van der Waals surface area contributed by atoms with Crippen molar-refractivity contribution in [3.63, 3.8) is 0 Å². The summed E-state index contributed by atoms with van der Waals surface area (Å²) >= 11 is 12.4. The molecule has 0 amide bonds. The summed E-state index contributed by atoms with van der Waals surface area (Å²) < 4.78 is 13.2. The highest BCUT2D eigenvalue weighted by atomic mass is 35.5. The Bertz CT molecular complexity index is 1510. The Morgan fingerprint density at radius 1 is 1.05 bits per heavy atom. The summed E-state index contributed by atoms with van der Waals surface area (Å²) in [7, 11) is 1.58. The van der Waals surface area contributed by atoms with Crippen LogP contribution in [0.15, 0.2) is 70.6 Å². The quantitative estimate of drug-likeness (QED) is 0.234. The van der Waals surface area contributed by atoms with Crippen molar-refractivity contribution >= 4 is 40.3 Å². The molecule has 0 N–H and O–H groups in total. The Kier molecular flexibility index (Phi) is 7.77. The molecule has 190 valence electrons. The molecule has 5 rings (SSSR count). The molecule has 0 bridgehead atoms. The van der Waals surface area contributed by atoms with Gasteiger partial charge in [0.1, 0.15) is 12.4 Å². The fourth-order valence-corrected chi connectivity index (χ4v) is 5.20. The topological polar surface area (TPSA) is 65.7 Å². The van der Waals surface area contributed by atoms with E-state index in [1.54, 1.807) is 31.5 Å². The molecule has 1 fully saturated rings. The standard InChI is InChI=1S/C29H27Cl2N3O3/c1-36-26-13-7-10-20(27(26)37-18-21-14-15-22(30)16-24(21)31)17-32-34-28(19-8-3-2-4-9-19)33-25-12-6-5-11-23(25)29(34)35/h5-7,10-17,19H,2-4,8-9,18H2,1H3. The number of aromatic nitrogens is 2. The van der Waals surface area contributed by atoms with Crippen LogP contribution in [0.3, 0.4) is 0 Å². The van der Waals surface area contributed by atoms with Gasteiger partial charge in [0.25, 0.3) is 5.56 Å². The molecule has 0 atom stereocenters. The zero-order valence-corrected chi connectivity index (χ0v) is 22.0. The largest absolute Gasteiger partial charge is 0.493 e. The summed E-state index contributed by atoms with van der Waals surface area (Å²) in [5, 5.41) is 6.27. The lowest BCUT2D eigenvalue weighted by atomic mass is 9.88. The SMILES string of the molecule is COc1cccc(C=Nn2c(C3CCCCC3)nc3ccccc3c2=O)c1OCc1ccc(Cl)cc1Cl. The van der Waals surface area contributed by atoms with Crippen LogP contribution in [-0.4, -0.2) is 23.0 Å². The molecule has 0 unspecified atom stereocenters. The van der Waals surface area contributed by atoms with Gasteiger partial charge >= 0.3 is 0 Å². The summed E-state index contributed by atoms with van der Waals surface area (Å²) in [4.78, 5) is 18.4. The number of ether oxygens (including phenoxy) is 2. The lowest BCUT2D eigenvalue weighted by Crippen LogP contribution is -2.25. The van der Waals surface area contributed by atoms with Gasteiger partial charge in [0.2, 0.25) is 0 Å². The molecule has 0 spiro atoms. The summed E-state index contributed by atoms with van der Waals surface area (Å²) in [6, 6.07) is 18.2. The van der Waals surface area contributed by atoms with Crippen LogP contribution in [0, 0.1) is 0 Å². The fourth-order valence-electron chi connectivity index (χ4n) is 4.74. The van der Waals surface area contributed by atoms with Gasteiger partial charge in [0.15, 0.2) is 11.5 Å². The first-order valence-electron chi connectivity index (χ1n) is 12.3. The Balaban J connectivity index is 1.54. The zero-order chi connectivity index (χ0) is 25.8. The first-order chi connectivity index (χ1) is 18.0. The predicted octanol–water partition coefficient (Wildman–Crippen LogP) is 7.22. The highest BCUT2D eigenvalue weighted by Gasteiger charge is 2.22. The molecular formula is C29H27Cl2N3O3. The van der Waals surface area contributed by atoms with E-state index in [4.69, 9.17) is 37.7 Å². The molecule has 1 aliphatic carbocycles. The van der Waals surface area contributed by atoms with Crippen LogP contribution >= 0.6 is 23.2 Å². The minimum Gasteiger partial charge on any atom is -0.493 e. The number of rotatable bonds is 7. The van der Waals surface area contributed by atoms with E-state index in [-0.39, 0.29) is 18.1 Å². The zero-order valence-electron chi connectivity index (χ0n) is 20.5. The first kappa shape index (κ1) is 25.3. The molecule has 1 aliphatic rings. The van der Waals surface area contributed by atoms with Gasteiger partial charge in [0, 0.05) is 27.1 Å². The number of hydrogen-bond donors (Lipinski definition) is 0. The molecule has 6 nitrogen and oxygen atoms in total. The summed E-state index contributed by atoms with van der Waals surface area (Å²) in [5.74, 6) is 1.94. The lowest BCUT2D eigenvalue weighted by Gasteiger charge is -2.22. The number of nitrogens with zero attached hydrogens (tertiary/aromatic N) is 3. The van der Waals surface area contributed by atoms with E-state index in [9.17, 15) is 4.79 Å². The van der Waals surface area contributed by atoms with Crippen molar-refractivity contribution in [2.24, 2.45) is 5.10 Å². The Morgan fingerprint density at radius 2 is 1.86 bits per heavy atom. The minimum absolute atomic E-state index is 0.180. The van der Waals surface area contributed by atoms with Crippen LogP contribution in [-0.2, 0) is 6.61 Å². The molecule has 3 aromatic carbocycles. The van der Waals surface area contributed by atoms with Gasteiger partial charge in [-0.25, -0.2) is 4.98 Å². The lowest BCUT2D eigenvalue weighted by molar-refractivity contribution is 0.284. The second kappa shape index (κ2) is 11.4.